The van der Waals surface area contributed by atoms with Crippen molar-refractivity contribution in [3.8, 4) is 0 Å². The smallest absolute Gasteiger partial charge is 0.317 e. The first-order valence-corrected chi connectivity index (χ1v) is 8.84. The van der Waals surface area contributed by atoms with Gasteiger partial charge in [0.15, 0.2) is 0 Å². The molecular weight excluding hydrogens is 304 g/mol. The van der Waals surface area contributed by atoms with Crippen molar-refractivity contribution in [1.82, 2.24) is 10.2 Å². The van der Waals surface area contributed by atoms with Crippen molar-refractivity contribution in [3.63, 3.8) is 0 Å². The number of rotatable bonds is 3. The highest BCUT2D eigenvalue weighted by Crippen LogP contribution is 2.44. The molecular formula is C19H26N2O3. The van der Waals surface area contributed by atoms with Crippen LogP contribution in [-0.2, 0) is 4.79 Å². The Morgan fingerprint density at radius 3 is 2.62 bits per heavy atom. The fraction of sp³-hybridized carbons (Fsp3) is 0.579. The minimum absolute atomic E-state index is 0.0197. The molecule has 3 rings (SSSR count). The summed E-state index contributed by atoms with van der Waals surface area (Å²) in [5.41, 5.74) is 2.54. The summed E-state index contributed by atoms with van der Waals surface area (Å²) in [6.45, 7) is 5.38. The molecule has 0 radical (unpaired) electrons. The average molecular weight is 330 g/mol. The van der Waals surface area contributed by atoms with Crippen LogP contribution in [0.4, 0.5) is 4.79 Å². The van der Waals surface area contributed by atoms with E-state index in [0.29, 0.717) is 31.3 Å². The highest BCUT2D eigenvalue weighted by atomic mass is 16.4. The molecule has 0 aromatic heterocycles. The maximum atomic E-state index is 12.6. The van der Waals surface area contributed by atoms with Gasteiger partial charge in [-0.25, -0.2) is 4.79 Å². The Kier molecular flexibility index (Phi) is 4.78. The molecule has 2 aliphatic rings. The van der Waals surface area contributed by atoms with Crippen molar-refractivity contribution < 1.29 is 14.7 Å². The van der Waals surface area contributed by atoms with E-state index in [1.165, 1.54) is 11.1 Å². The van der Waals surface area contributed by atoms with Gasteiger partial charge in [-0.2, -0.15) is 0 Å². The van der Waals surface area contributed by atoms with Crippen molar-refractivity contribution in [3.05, 3.63) is 35.4 Å². The monoisotopic (exact) mass is 330 g/mol. The maximum absolute atomic E-state index is 12.6. The number of fused-ring (bicyclic) bond motifs is 1. The van der Waals surface area contributed by atoms with Crippen LogP contribution in [0.1, 0.15) is 56.2 Å². The number of hydrogen-bond donors (Lipinski definition) is 2. The zero-order valence-electron chi connectivity index (χ0n) is 14.4. The topological polar surface area (TPSA) is 69.6 Å². The second-order valence-corrected chi connectivity index (χ2v) is 7.34. The zero-order chi connectivity index (χ0) is 17.3. The number of urea groups is 1. The third kappa shape index (κ3) is 3.25. The van der Waals surface area contributed by atoms with E-state index in [1.54, 1.807) is 4.90 Å². The molecule has 2 amide bonds. The number of carbonyl (C=O) groups is 2. The Bertz CT molecular complexity index is 629. The molecule has 2 N–H and O–H groups in total. The number of carboxylic acids is 1. The van der Waals surface area contributed by atoms with Gasteiger partial charge < -0.3 is 15.3 Å². The predicted octanol–water partition coefficient (Wildman–Crippen LogP) is 3.38. The molecule has 1 aliphatic carbocycles. The summed E-state index contributed by atoms with van der Waals surface area (Å²) in [6, 6.07) is 8.21. The molecule has 0 spiro atoms. The van der Waals surface area contributed by atoms with Crippen LogP contribution in [0.5, 0.6) is 0 Å². The van der Waals surface area contributed by atoms with E-state index in [2.05, 4.69) is 37.4 Å². The van der Waals surface area contributed by atoms with Crippen molar-refractivity contribution in [2.45, 2.75) is 45.1 Å². The van der Waals surface area contributed by atoms with Crippen LogP contribution >= 0.6 is 0 Å². The number of piperidine rings is 1. The minimum atomic E-state index is -0.807. The molecule has 1 heterocycles. The van der Waals surface area contributed by atoms with Crippen LogP contribution in [0, 0.1) is 11.8 Å². The summed E-state index contributed by atoms with van der Waals surface area (Å²) in [5.74, 6) is -0.263. The Labute approximate surface area is 143 Å². The summed E-state index contributed by atoms with van der Waals surface area (Å²) in [7, 11) is 0. The fourth-order valence-corrected chi connectivity index (χ4v) is 4.05. The largest absolute Gasteiger partial charge is 0.481 e. The van der Waals surface area contributed by atoms with Gasteiger partial charge >= 0.3 is 12.0 Å². The summed E-state index contributed by atoms with van der Waals surface area (Å²) in [4.78, 5) is 25.5. The number of amides is 2. The SMILES string of the molecule is CC(C)[C@H]1C[C@@H](NC(=O)N2CCCC(C(=O)O)C2)c2ccccc21. The van der Waals surface area contributed by atoms with E-state index in [1.807, 2.05) is 6.07 Å². The normalized spacial score (nSPS) is 26.3. The lowest BCUT2D eigenvalue weighted by atomic mass is 9.90. The summed E-state index contributed by atoms with van der Waals surface area (Å²) in [6.07, 6.45) is 2.32. The molecule has 130 valence electrons. The number of hydrogen-bond acceptors (Lipinski definition) is 2. The van der Waals surface area contributed by atoms with Crippen molar-refractivity contribution in [2.24, 2.45) is 11.8 Å². The third-order valence-corrected chi connectivity index (χ3v) is 5.42. The van der Waals surface area contributed by atoms with Crippen molar-refractivity contribution >= 4 is 12.0 Å². The van der Waals surface area contributed by atoms with Gasteiger partial charge in [-0.05, 0) is 42.2 Å². The van der Waals surface area contributed by atoms with Crippen LogP contribution < -0.4 is 5.32 Å². The molecule has 24 heavy (non-hydrogen) atoms. The van der Waals surface area contributed by atoms with Gasteiger partial charge in [0.25, 0.3) is 0 Å². The lowest BCUT2D eigenvalue weighted by Crippen LogP contribution is -2.47. The van der Waals surface area contributed by atoms with E-state index >= 15 is 0 Å². The number of likely N-dealkylation sites (tertiary alicyclic amines) is 1. The lowest BCUT2D eigenvalue weighted by molar-refractivity contribution is -0.143. The van der Waals surface area contributed by atoms with E-state index < -0.39 is 11.9 Å². The number of carbonyl (C=O) groups excluding carboxylic acids is 1. The second-order valence-electron chi connectivity index (χ2n) is 7.34. The Morgan fingerprint density at radius 2 is 1.96 bits per heavy atom. The first-order valence-electron chi connectivity index (χ1n) is 8.84. The van der Waals surface area contributed by atoms with Crippen molar-refractivity contribution in [1.29, 1.82) is 0 Å². The van der Waals surface area contributed by atoms with E-state index in [-0.39, 0.29) is 12.1 Å². The molecule has 1 aromatic carbocycles. The van der Waals surface area contributed by atoms with Gasteiger partial charge in [0, 0.05) is 13.1 Å². The summed E-state index contributed by atoms with van der Waals surface area (Å²) >= 11 is 0. The minimum Gasteiger partial charge on any atom is -0.481 e. The predicted molar refractivity (Wildman–Crippen MR) is 91.8 cm³/mol. The molecule has 1 unspecified atom stereocenters. The van der Waals surface area contributed by atoms with E-state index in [9.17, 15) is 14.7 Å². The van der Waals surface area contributed by atoms with Gasteiger partial charge in [0.1, 0.15) is 0 Å². The number of carboxylic acid groups (broad SMARTS) is 1. The first kappa shape index (κ1) is 16.8. The fourth-order valence-electron chi connectivity index (χ4n) is 4.05. The molecule has 1 aromatic rings. The lowest BCUT2D eigenvalue weighted by Gasteiger charge is -2.32. The highest BCUT2D eigenvalue weighted by molar-refractivity contribution is 5.77. The summed E-state index contributed by atoms with van der Waals surface area (Å²) < 4.78 is 0. The molecule has 1 fully saturated rings. The van der Waals surface area contributed by atoms with Gasteiger partial charge in [-0.1, -0.05) is 38.1 Å². The molecule has 1 saturated heterocycles. The number of aliphatic carboxylic acids is 1. The molecule has 3 atom stereocenters. The van der Waals surface area contributed by atoms with Crippen LogP contribution in [0.15, 0.2) is 24.3 Å². The third-order valence-electron chi connectivity index (χ3n) is 5.42. The van der Waals surface area contributed by atoms with Crippen LogP contribution in [0.25, 0.3) is 0 Å². The van der Waals surface area contributed by atoms with Gasteiger partial charge in [0.05, 0.1) is 12.0 Å². The van der Waals surface area contributed by atoms with Gasteiger partial charge in [0.2, 0.25) is 0 Å². The van der Waals surface area contributed by atoms with Crippen LogP contribution in [0.2, 0.25) is 0 Å². The zero-order valence-corrected chi connectivity index (χ0v) is 14.4. The number of nitrogens with one attached hydrogen (secondary N) is 1. The van der Waals surface area contributed by atoms with Crippen LogP contribution in [-0.4, -0.2) is 35.1 Å². The Balaban J connectivity index is 1.70. The van der Waals surface area contributed by atoms with Crippen molar-refractivity contribution in [2.75, 3.05) is 13.1 Å². The maximum Gasteiger partial charge on any atom is 0.317 e. The molecule has 5 nitrogen and oxygen atoms in total. The second kappa shape index (κ2) is 6.83. The van der Waals surface area contributed by atoms with Gasteiger partial charge in [-0.15, -0.1) is 0 Å². The van der Waals surface area contributed by atoms with Crippen LogP contribution in [0.3, 0.4) is 0 Å². The Morgan fingerprint density at radius 1 is 1.25 bits per heavy atom. The molecule has 5 heteroatoms. The molecule has 0 bridgehead atoms. The highest BCUT2D eigenvalue weighted by Gasteiger charge is 2.35. The van der Waals surface area contributed by atoms with E-state index in [4.69, 9.17) is 0 Å². The quantitative estimate of drug-likeness (QED) is 0.892. The van der Waals surface area contributed by atoms with E-state index in [0.717, 1.165) is 12.8 Å². The Hall–Kier alpha value is -2.04. The van der Waals surface area contributed by atoms with Gasteiger partial charge in [-0.3, -0.25) is 4.79 Å². The standard InChI is InChI=1S/C19H26N2O3/c1-12(2)16-10-17(15-8-4-3-7-14(15)16)20-19(24)21-9-5-6-13(11-21)18(22)23/h3-4,7-8,12-13,16-17H,5-6,9-11H2,1-2H3,(H,20,24)(H,22,23)/t13?,16-,17-/m1/s1. The number of benzene rings is 1. The first-order chi connectivity index (χ1) is 11.5. The molecule has 0 saturated carbocycles. The molecule has 1 aliphatic heterocycles. The summed E-state index contributed by atoms with van der Waals surface area (Å²) in [5, 5.41) is 12.3. The average Bonchev–Trinajstić information content (AvgIpc) is 2.94. The number of nitrogens with zero attached hydrogens (tertiary/aromatic N) is 1.